The van der Waals surface area contributed by atoms with Crippen molar-refractivity contribution >= 4 is 34.0 Å². The van der Waals surface area contributed by atoms with Crippen LogP contribution in [-0.4, -0.2) is 18.5 Å². The summed E-state index contributed by atoms with van der Waals surface area (Å²) >= 11 is 0. The molecule has 0 amide bonds. The molecule has 0 saturated heterocycles. The molecule has 0 bridgehead atoms. The van der Waals surface area contributed by atoms with Gasteiger partial charge < -0.3 is 0 Å². The van der Waals surface area contributed by atoms with Crippen LogP contribution in [0, 0.1) is 0 Å². The Bertz CT molecular complexity index is 845. The molecule has 0 saturated carbocycles. The summed E-state index contributed by atoms with van der Waals surface area (Å²) in [6.07, 6.45) is 0. The minimum Gasteiger partial charge on any atom is -0.279 e. The fraction of sp³-hybridized carbons (Fsp3) is 0.0526. The molecule has 0 unspecified atom stereocenters. The molecule has 3 aromatic carbocycles. The average molecular weight is 609 g/mol. The van der Waals surface area contributed by atoms with E-state index < -0.39 is 23.5 Å². The van der Waals surface area contributed by atoms with Crippen molar-refractivity contribution in [3.63, 3.8) is 0 Å². The summed E-state index contributed by atoms with van der Waals surface area (Å²) in [5, 5.41) is 4.19. The fourth-order valence-electron chi connectivity index (χ4n) is 2.18. The third kappa shape index (κ3) is 7.17. The van der Waals surface area contributed by atoms with Crippen LogP contribution in [0.4, 0.5) is 13.2 Å². The number of alkyl halides is 3. The van der Waals surface area contributed by atoms with Crippen molar-refractivity contribution < 1.29 is 48.5 Å². The largest absolute Gasteiger partial charge is 0.522 e. The van der Waals surface area contributed by atoms with Crippen LogP contribution in [0.15, 0.2) is 91.0 Å². The number of hydrogen-bond donors (Lipinski definition) is 1. The first kappa shape index (κ1) is 24.6. The molecule has 0 aromatic heterocycles. The van der Waals surface area contributed by atoms with Gasteiger partial charge in [0, 0.05) is 22.4 Å². The zero-order chi connectivity index (χ0) is 19.9. The van der Waals surface area contributed by atoms with Gasteiger partial charge in [0.05, 0.1) is 0 Å². The second-order valence-electron chi connectivity index (χ2n) is 5.26. The van der Waals surface area contributed by atoms with Crippen LogP contribution in [0.1, 0.15) is 0 Å². The van der Waals surface area contributed by atoms with Gasteiger partial charge in [-0.3, -0.25) is 4.55 Å². The monoisotopic (exact) mass is 609 g/mol. The predicted octanol–water partition coefficient (Wildman–Crippen LogP) is 3.84. The van der Waals surface area contributed by atoms with E-state index in [4.69, 9.17) is 13.0 Å². The van der Waals surface area contributed by atoms with Gasteiger partial charge in [-0.1, -0.05) is 91.0 Å². The van der Waals surface area contributed by atoms with E-state index >= 15 is 0 Å². The minimum atomic E-state index is -5.84. The molecule has 3 aromatic rings. The van der Waals surface area contributed by atoms with Gasteiger partial charge in [-0.2, -0.15) is 21.6 Å². The Morgan fingerprint density at radius 1 is 0.643 bits per heavy atom. The van der Waals surface area contributed by atoms with Gasteiger partial charge in [-0.05, 0) is 23.8 Å². The first-order chi connectivity index (χ1) is 12.7. The minimum absolute atomic E-state index is 0. The van der Waals surface area contributed by atoms with Gasteiger partial charge in [-0.25, -0.2) is 0 Å². The number of halogens is 3. The zero-order valence-corrected chi connectivity index (χ0v) is 18.1. The molecule has 9 heteroatoms. The molecule has 153 valence electrons. The molecule has 0 heterocycles. The molecule has 0 aliphatic rings. The van der Waals surface area contributed by atoms with E-state index in [9.17, 15) is 13.2 Å². The van der Waals surface area contributed by atoms with Crippen LogP contribution in [0.5, 0.6) is 0 Å². The third-order valence-corrected chi connectivity index (χ3v) is 6.36. The maximum Gasteiger partial charge on any atom is 0.522 e. The molecule has 0 spiro atoms. The summed E-state index contributed by atoms with van der Waals surface area (Å²) in [5.41, 5.74) is -5.53. The molecular weight excluding hydrogens is 593 g/mol. The van der Waals surface area contributed by atoms with Gasteiger partial charge >= 0.3 is 15.6 Å². The molecule has 1 N–H and O–H groups in total. The van der Waals surface area contributed by atoms with Gasteiger partial charge in [0.15, 0.2) is 0 Å². The first-order valence-corrected chi connectivity index (χ1v) is 10.5. The van der Waals surface area contributed by atoms with Crippen molar-refractivity contribution in [1.82, 2.24) is 0 Å². The summed E-state index contributed by atoms with van der Waals surface area (Å²) in [7, 11) is -6.29. The van der Waals surface area contributed by atoms with E-state index in [-0.39, 0.29) is 22.4 Å². The van der Waals surface area contributed by atoms with Crippen LogP contribution < -0.4 is 15.9 Å². The maximum atomic E-state index is 10.7. The molecule has 28 heavy (non-hydrogen) atoms. The maximum absolute atomic E-state index is 10.7. The van der Waals surface area contributed by atoms with Crippen molar-refractivity contribution in [3.05, 3.63) is 91.0 Å². The first-order valence-electron chi connectivity index (χ1n) is 7.69. The summed E-state index contributed by atoms with van der Waals surface area (Å²) < 4.78 is 57.5. The Morgan fingerprint density at radius 3 is 1.04 bits per heavy atom. The molecule has 0 atom stereocenters. The van der Waals surface area contributed by atoms with E-state index in [0.29, 0.717) is 0 Å². The Labute approximate surface area is 178 Å². The Hall–Kier alpha value is -1.47. The van der Waals surface area contributed by atoms with Gasteiger partial charge in [0.1, 0.15) is 0 Å². The molecule has 1 radical (unpaired) electrons. The van der Waals surface area contributed by atoms with Crippen molar-refractivity contribution in [1.29, 1.82) is 0 Å². The molecule has 0 fully saturated rings. The summed E-state index contributed by atoms with van der Waals surface area (Å²) in [5.74, 6) is 0. The van der Waals surface area contributed by atoms with E-state index in [1.165, 1.54) is 15.9 Å². The van der Waals surface area contributed by atoms with Crippen molar-refractivity contribution in [2.45, 2.75) is 5.51 Å². The normalized spacial score (nSPS) is 11.2. The molecular formula is C19H16AuF3O3PS. The van der Waals surface area contributed by atoms with Crippen molar-refractivity contribution in [2.24, 2.45) is 0 Å². The summed E-state index contributed by atoms with van der Waals surface area (Å²) in [6, 6.07) is 32.3. The Morgan fingerprint density at radius 2 is 0.857 bits per heavy atom. The second-order valence-corrected chi connectivity index (χ2v) is 8.90. The Kier molecular flexibility index (Phi) is 9.57. The van der Waals surface area contributed by atoms with Crippen LogP contribution in [0.3, 0.4) is 0 Å². The van der Waals surface area contributed by atoms with E-state index in [0.717, 1.165) is 0 Å². The molecule has 3 nitrogen and oxygen atoms in total. The van der Waals surface area contributed by atoms with Crippen LogP contribution in [0.25, 0.3) is 0 Å². The average Bonchev–Trinajstić information content (AvgIpc) is 2.64. The van der Waals surface area contributed by atoms with E-state index in [1.807, 2.05) is 0 Å². The zero-order valence-electron chi connectivity index (χ0n) is 14.2. The van der Waals surface area contributed by atoms with Crippen LogP contribution in [0.2, 0.25) is 0 Å². The number of hydrogen-bond acceptors (Lipinski definition) is 2. The Balaban J connectivity index is 0.000000376. The molecule has 0 aliphatic carbocycles. The standard InChI is InChI=1S/C18H15P.CHF3O3S.Au/c1-4-10-16(11-5-1)19(17-12-6-2-7-13-17)18-14-8-3-9-15-18;2-1(3,4)8(5,6)7;/h1-15H;(H,5,6,7);. The molecule has 3 rings (SSSR count). The SMILES string of the molecule is O=S(=O)(O)C(F)(F)F.[Au].c1ccc(P(c2ccccc2)c2ccccc2)cc1. The van der Waals surface area contributed by atoms with E-state index in [1.54, 1.807) is 0 Å². The topological polar surface area (TPSA) is 54.4 Å². The number of benzene rings is 3. The number of rotatable bonds is 3. The van der Waals surface area contributed by atoms with Gasteiger partial charge in [0.2, 0.25) is 0 Å². The summed E-state index contributed by atoms with van der Waals surface area (Å²) in [4.78, 5) is 0. The van der Waals surface area contributed by atoms with Gasteiger partial charge in [-0.15, -0.1) is 0 Å². The van der Waals surface area contributed by atoms with E-state index in [2.05, 4.69) is 91.0 Å². The van der Waals surface area contributed by atoms with Crippen molar-refractivity contribution in [2.75, 3.05) is 0 Å². The predicted molar refractivity (Wildman–Crippen MR) is 103 cm³/mol. The van der Waals surface area contributed by atoms with Gasteiger partial charge in [0.25, 0.3) is 0 Å². The fourth-order valence-corrected chi connectivity index (χ4v) is 4.48. The molecule has 0 aliphatic heterocycles. The third-order valence-electron chi connectivity index (χ3n) is 3.34. The van der Waals surface area contributed by atoms with Crippen LogP contribution >= 0.6 is 7.92 Å². The van der Waals surface area contributed by atoms with Crippen LogP contribution in [-0.2, 0) is 32.5 Å². The second kappa shape index (κ2) is 10.9. The van der Waals surface area contributed by atoms with Crippen molar-refractivity contribution in [3.8, 4) is 0 Å². The quantitative estimate of drug-likeness (QED) is 0.213. The smallest absolute Gasteiger partial charge is 0.279 e. The summed E-state index contributed by atoms with van der Waals surface area (Å²) in [6.45, 7) is 0.